The molecule has 0 aliphatic carbocycles. The molecule has 0 bridgehead atoms. The number of halogens is 1. The number of hydrogen-bond acceptors (Lipinski definition) is 6. The third-order valence-electron chi connectivity index (χ3n) is 6.14. The first-order valence-corrected chi connectivity index (χ1v) is 13.4. The SMILES string of the molecule is CCOC(=O)C1=C(C)N=c2s/c(=C/c3cccc(OCc4ccccc4Cl)c3)c(=O)n2[C@@H]1c1ccccc1. The summed E-state index contributed by atoms with van der Waals surface area (Å²) in [5.41, 5.74) is 3.20. The second-order valence-corrected chi connectivity index (χ2v) is 10.1. The number of carbonyl (C=O) groups is 1. The lowest BCUT2D eigenvalue weighted by atomic mass is 9.96. The summed E-state index contributed by atoms with van der Waals surface area (Å²) < 4.78 is 13.4. The van der Waals surface area contributed by atoms with Crippen LogP contribution in [0.2, 0.25) is 5.02 Å². The maximum Gasteiger partial charge on any atom is 0.338 e. The van der Waals surface area contributed by atoms with Crippen LogP contribution < -0.4 is 19.6 Å². The Morgan fingerprint density at radius 2 is 1.84 bits per heavy atom. The molecule has 0 amide bonds. The minimum atomic E-state index is -0.626. The zero-order chi connectivity index (χ0) is 26.6. The molecule has 0 radical (unpaired) electrons. The molecule has 0 spiro atoms. The van der Waals surface area contributed by atoms with Crippen molar-refractivity contribution in [2.45, 2.75) is 26.5 Å². The monoisotopic (exact) mass is 544 g/mol. The number of allylic oxidation sites excluding steroid dienone is 1. The van der Waals surface area contributed by atoms with Crippen molar-refractivity contribution < 1.29 is 14.3 Å². The van der Waals surface area contributed by atoms with Gasteiger partial charge in [0.1, 0.15) is 12.4 Å². The molecule has 1 aliphatic rings. The molecule has 0 N–H and O–H groups in total. The van der Waals surface area contributed by atoms with Crippen LogP contribution in [0.5, 0.6) is 5.75 Å². The fourth-order valence-electron chi connectivity index (χ4n) is 4.36. The molecule has 5 rings (SSSR count). The number of rotatable bonds is 7. The first kappa shape index (κ1) is 25.7. The van der Waals surface area contributed by atoms with Gasteiger partial charge in [-0.3, -0.25) is 9.36 Å². The van der Waals surface area contributed by atoms with E-state index in [1.807, 2.05) is 84.9 Å². The average molecular weight is 545 g/mol. The molecule has 0 fully saturated rings. The van der Waals surface area contributed by atoms with Gasteiger partial charge >= 0.3 is 5.97 Å². The van der Waals surface area contributed by atoms with Crippen molar-refractivity contribution in [3.05, 3.63) is 132 Å². The second-order valence-electron chi connectivity index (χ2n) is 8.67. The maximum absolute atomic E-state index is 13.7. The van der Waals surface area contributed by atoms with Crippen LogP contribution in [0.4, 0.5) is 0 Å². The number of esters is 1. The van der Waals surface area contributed by atoms with Crippen molar-refractivity contribution in [1.82, 2.24) is 4.57 Å². The van der Waals surface area contributed by atoms with E-state index in [2.05, 4.69) is 4.99 Å². The van der Waals surface area contributed by atoms with Crippen molar-refractivity contribution in [2.75, 3.05) is 6.61 Å². The van der Waals surface area contributed by atoms with E-state index in [-0.39, 0.29) is 12.2 Å². The molecule has 38 heavy (non-hydrogen) atoms. The number of carbonyl (C=O) groups excluding carboxylic acids is 1. The number of nitrogens with zero attached hydrogens (tertiary/aromatic N) is 2. The summed E-state index contributed by atoms with van der Waals surface area (Å²) in [7, 11) is 0. The Morgan fingerprint density at radius 3 is 2.61 bits per heavy atom. The van der Waals surface area contributed by atoms with Crippen LogP contribution in [0.15, 0.2) is 99.9 Å². The normalized spacial score (nSPS) is 15.1. The van der Waals surface area contributed by atoms with E-state index >= 15 is 0 Å². The van der Waals surface area contributed by atoms with Crippen molar-refractivity contribution in [2.24, 2.45) is 4.99 Å². The highest BCUT2D eigenvalue weighted by Crippen LogP contribution is 2.30. The topological polar surface area (TPSA) is 69.9 Å². The van der Waals surface area contributed by atoms with E-state index in [0.29, 0.717) is 38.0 Å². The Hall–Kier alpha value is -3.94. The molecule has 1 aliphatic heterocycles. The van der Waals surface area contributed by atoms with Crippen LogP contribution in [0.1, 0.15) is 36.6 Å². The maximum atomic E-state index is 13.7. The fourth-order valence-corrected chi connectivity index (χ4v) is 5.60. The van der Waals surface area contributed by atoms with Gasteiger partial charge in [-0.25, -0.2) is 9.79 Å². The number of aromatic nitrogens is 1. The zero-order valence-electron chi connectivity index (χ0n) is 20.9. The molecule has 8 heteroatoms. The van der Waals surface area contributed by atoms with Crippen molar-refractivity contribution in [3.63, 3.8) is 0 Å². The summed E-state index contributed by atoms with van der Waals surface area (Å²) in [5.74, 6) is 0.189. The molecule has 4 aromatic rings. The average Bonchev–Trinajstić information content (AvgIpc) is 3.22. The lowest BCUT2D eigenvalue weighted by Crippen LogP contribution is -2.39. The van der Waals surface area contributed by atoms with Crippen molar-refractivity contribution in [1.29, 1.82) is 0 Å². The molecular formula is C30H25ClN2O4S. The number of fused-ring (bicyclic) bond motifs is 1. The van der Waals surface area contributed by atoms with E-state index in [9.17, 15) is 9.59 Å². The summed E-state index contributed by atoms with van der Waals surface area (Å²) in [6, 6.07) is 23.9. The van der Waals surface area contributed by atoms with Crippen LogP contribution >= 0.6 is 22.9 Å². The summed E-state index contributed by atoms with van der Waals surface area (Å²) in [4.78, 5) is 31.8. The number of benzene rings is 3. The highest BCUT2D eigenvalue weighted by atomic mass is 35.5. The van der Waals surface area contributed by atoms with Crippen LogP contribution in [-0.2, 0) is 16.1 Å². The predicted molar refractivity (Wildman–Crippen MR) is 149 cm³/mol. The van der Waals surface area contributed by atoms with Gasteiger partial charge in [-0.2, -0.15) is 0 Å². The molecule has 192 valence electrons. The van der Waals surface area contributed by atoms with E-state index in [4.69, 9.17) is 21.1 Å². The standard InChI is InChI=1S/C30H25ClN2O4S/c1-3-36-29(35)26-19(2)32-30-33(27(26)21-11-5-4-6-12-21)28(34)25(38-30)17-20-10-9-14-23(16-20)37-18-22-13-7-8-15-24(22)31/h4-17,27H,3,18H2,1-2H3/b25-17+/t27-/m1/s1. The third-order valence-corrected chi connectivity index (χ3v) is 7.49. The second kappa shape index (κ2) is 11.2. The summed E-state index contributed by atoms with van der Waals surface area (Å²) >= 11 is 7.53. The van der Waals surface area contributed by atoms with Gasteiger partial charge in [0.25, 0.3) is 5.56 Å². The Kier molecular flexibility index (Phi) is 7.58. The van der Waals surface area contributed by atoms with Gasteiger partial charge in [0.2, 0.25) is 0 Å². The van der Waals surface area contributed by atoms with E-state index in [1.54, 1.807) is 18.4 Å². The van der Waals surface area contributed by atoms with Gasteiger partial charge in [0.15, 0.2) is 4.80 Å². The van der Waals surface area contributed by atoms with Crippen LogP contribution in [0.25, 0.3) is 6.08 Å². The minimum Gasteiger partial charge on any atom is -0.489 e. The Bertz CT molecular complexity index is 1710. The van der Waals surface area contributed by atoms with Crippen LogP contribution in [-0.4, -0.2) is 17.1 Å². The van der Waals surface area contributed by atoms with Gasteiger partial charge < -0.3 is 9.47 Å². The lowest BCUT2D eigenvalue weighted by Gasteiger charge is -2.24. The van der Waals surface area contributed by atoms with E-state index < -0.39 is 12.0 Å². The Balaban J connectivity index is 1.54. The highest BCUT2D eigenvalue weighted by Gasteiger charge is 2.33. The molecule has 1 atom stereocenters. The van der Waals surface area contributed by atoms with Gasteiger partial charge in [-0.1, -0.05) is 83.6 Å². The van der Waals surface area contributed by atoms with Crippen molar-refractivity contribution >= 4 is 35.0 Å². The fraction of sp³-hybridized carbons (Fsp3) is 0.167. The molecule has 0 saturated carbocycles. The lowest BCUT2D eigenvalue weighted by molar-refractivity contribution is -0.139. The molecule has 1 aromatic heterocycles. The van der Waals surface area contributed by atoms with Gasteiger partial charge in [0.05, 0.1) is 28.5 Å². The Morgan fingerprint density at radius 1 is 1.08 bits per heavy atom. The number of ether oxygens (including phenoxy) is 2. The van der Waals surface area contributed by atoms with Gasteiger partial charge in [0, 0.05) is 10.6 Å². The van der Waals surface area contributed by atoms with E-state index in [1.165, 1.54) is 11.3 Å². The van der Waals surface area contributed by atoms with Crippen LogP contribution in [0.3, 0.4) is 0 Å². The number of thiazole rings is 1. The van der Waals surface area contributed by atoms with E-state index in [0.717, 1.165) is 16.7 Å². The molecular weight excluding hydrogens is 520 g/mol. The largest absolute Gasteiger partial charge is 0.489 e. The highest BCUT2D eigenvalue weighted by molar-refractivity contribution is 7.07. The predicted octanol–water partition coefficient (Wildman–Crippen LogP) is 5.03. The summed E-state index contributed by atoms with van der Waals surface area (Å²) in [5, 5.41) is 0.648. The quantitative estimate of drug-likeness (QED) is 0.306. The third kappa shape index (κ3) is 5.21. The smallest absolute Gasteiger partial charge is 0.338 e. The molecule has 2 heterocycles. The molecule has 6 nitrogen and oxygen atoms in total. The number of hydrogen-bond donors (Lipinski definition) is 0. The minimum absolute atomic E-state index is 0.223. The molecule has 0 saturated heterocycles. The Labute approximate surface area is 228 Å². The molecule has 3 aromatic carbocycles. The van der Waals surface area contributed by atoms with Crippen LogP contribution in [0, 0.1) is 0 Å². The first-order valence-electron chi connectivity index (χ1n) is 12.2. The van der Waals surface area contributed by atoms with Gasteiger partial charge in [-0.15, -0.1) is 0 Å². The first-order chi connectivity index (χ1) is 18.5. The summed E-state index contributed by atoms with van der Waals surface area (Å²) in [6.07, 6.45) is 1.82. The molecule has 0 unspecified atom stereocenters. The van der Waals surface area contributed by atoms with Gasteiger partial charge in [-0.05, 0) is 49.2 Å². The summed E-state index contributed by atoms with van der Waals surface area (Å²) in [6.45, 7) is 4.10. The van der Waals surface area contributed by atoms with Crippen molar-refractivity contribution in [3.8, 4) is 5.75 Å². The zero-order valence-corrected chi connectivity index (χ0v) is 22.5.